The quantitative estimate of drug-likeness (QED) is 0.704. The van der Waals surface area contributed by atoms with Gasteiger partial charge in [-0.3, -0.25) is 9.20 Å². The number of tetrazole rings is 1. The Balaban J connectivity index is 2.43. The smallest absolute Gasteiger partial charge is 0.268 e. The van der Waals surface area contributed by atoms with Crippen molar-refractivity contribution in [2.75, 3.05) is 0 Å². The summed E-state index contributed by atoms with van der Waals surface area (Å²) >= 11 is 0. The van der Waals surface area contributed by atoms with Crippen molar-refractivity contribution in [3.63, 3.8) is 0 Å². The summed E-state index contributed by atoms with van der Waals surface area (Å²) in [6.07, 6.45) is 2.31. The molecular weight excluding hydrogens is 232 g/mol. The van der Waals surface area contributed by atoms with Crippen LogP contribution in [-0.4, -0.2) is 30.0 Å². The van der Waals surface area contributed by atoms with E-state index in [9.17, 15) is 4.79 Å². The molecule has 0 aliphatic rings. The van der Waals surface area contributed by atoms with Gasteiger partial charge in [-0.15, -0.1) is 5.10 Å². The molecule has 0 spiro atoms. The van der Waals surface area contributed by atoms with Crippen molar-refractivity contribution in [1.29, 1.82) is 0 Å². The van der Waals surface area contributed by atoms with Crippen molar-refractivity contribution in [3.8, 4) is 11.4 Å². The van der Waals surface area contributed by atoms with Crippen molar-refractivity contribution < 1.29 is 0 Å². The number of hydrogen-bond donors (Lipinski definition) is 1. The Morgan fingerprint density at radius 3 is 3.00 bits per heavy atom. The van der Waals surface area contributed by atoms with Gasteiger partial charge in [0.05, 0.1) is 5.69 Å². The first-order valence-corrected chi connectivity index (χ1v) is 5.55. The highest BCUT2D eigenvalue weighted by atomic mass is 16.1. The Morgan fingerprint density at radius 1 is 1.39 bits per heavy atom. The number of aromatic nitrogens is 6. The minimum Gasteiger partial charge on any atom is -0.268 e. The third-order valence-electron chi connectivity index (χ3n) is 2.73. The van der Waals surface area contributed by atoms with Crippen LogP contribution in [0, 0.1) is 0 Å². The zero-order valence-electron chi connectivity index (χ0n) is 9.66. The number of fused-ring (bicyclic) bond motifs is 1. The number of aryl methyl sites for hydroxylation is 1. The molecule has 18 heavy (non-hydrogen) atoms. The minimum atomic E-state index is -0.170. The maximum Gasteiger partial charge on any atom is 0.269 e. The van der Waals surface area contributed by atoms with E-state index in [4.69, 9.17) is 0 Å². The number of nitrogens with zero attached hydrogens (tertiary/aromatic N) is 5. The number of H-pyrrole nitrogens is 1. The second-order valence-corrected chi connectivity index (χ2v) is 3.77. The average molecular weight is 242 g/mol. The van der Waals surface area contributed by atoms with Gasteiger partial charge in [0, 0.05) is 6.20 Å². The lowest BCUT2D eigenvalue weighted by Crippen LogP contribution is -2.20. The molecule has 0 atom stereocenters. The molecule has 0 saturated heterocycles. The Hall–Kier alpha value is -2.57. The van der Waals surface area contributed by atoms with Crippen molar-refractivity contribution >= 4 is 5.65 Å². The van der Waals surface area contributed by atoms with E-state index in [0.717, 1.165) is 0 Å². The zero-order valence-corrected chi connectivity index (χ0v) is 9.66. The maximum atomic E-state index is 12.4. The number of rotatable bonds is 2. The number of hydrogen-bond acceptors (Lipinski definition) is 5. The van der Waals surface area contributed by atoms with Crippen LogP contribution in [0.1, 0.15) is 12.6 Å². The standard InChI is InChI=1S/C11H10N6O/c1-2-7-9(10-13-15-16-14-10)11(18)17-6-4-3-5-8(17)12-7/h3-6H,2H2,1H3,(H,13,14,15,16). The number of aromatic amines is 1. The van der Waals surface area contributed by atoms with Gasteiger partial charge in [0.25, 0.3) is 5.56 Å². The molecule has 0 fully saturated rings. The van der Waals surface area contributed by atoms with Crippen LogP contribution in [0.15, 0.2) is 29.2 Å². The van der Waals surface area contributed by atoms with Gasteiger partial charge in [0.2, 0.25) is 0 Å². The van der Waals surface area contributed by atoms with E-state index in [1.807, 2.05) is 13.0 Å². The second-order valence-electron chi connectivity index (χ2n) is 3.77. The summed E-state index contributed by atoms with van der Waals surface area (Å²) in [5, 5.41) is 13.4. The first-order valence-electron chi connectivity index (χ1n) is 5.55. The molecule has 7 nitrogen and oxygen atoms in total. The summed E-state index contributed by atoms with van der Waals surface area (Å²) in [6.45, 7) is 1.94. The first kappa shape index (κ1) is 10.6. The number of pyridine rings is 1. The van der Waals surface area contributed by atoms with Gasteiger partial charge in [-0.2, -0.15) is 0 Å². The lowest BCUT2D eigenvalue weighted by Gasteiger charge is -2.06. The average Bonchev–Trinajstić information content (AvgIpc) is 2.92. The Bertz CT molecular complexity index is 746. The van der Waals surface area contributed by atoms with Crippen LogP contribution in [0.3, 0.4) is 0 Å². The highest BCUT2D eigenvalue weighted by Gasteiger charge is 2.16. The lowest BCUT2D eigenvalue weighted by atomic mass is 10.1. The van der Waals surface area contributed by atoms with Gasteiger partial charge in [-0.1, -0.05) is 13.0 Å². The van der Waals surface area contributed by atoms with Gasteiger partial charge in [0.1, 0.15) is 11.2 Å². The largest absolute Gasteiger partial charge is 0.269 e. The number of nitrogens with one attached hydrogen (secondary N) is 1. The van der Waals surface area contributed by atoms with E-state index in [1.165, 1.54) is 4.40 Å². The normalized spacial score (nSPS) is 10.9. The Morgan fingerprint density at radius 2 is 2.28 bits per heavy atom. The van der Waals surface area contributed by atoms with E-state index in [-0.39, 0.29) is 5.56 Å². The lowest BCUT2D eigenvalue weighted by molar-refractivity contribution is 0.881. The van der Waals surface area contributed by atoms with Crippen LogP contribution in [-0.2, 0) is 6.42 Å². The topological polar surface area (TPSA) is 88.8 Å². The molecule has 90 valence electrons. The van der Waals surface area contributed by atoms with Crippen molar-refractivity contribution in [2.45, 2.75) is 13.3 Å². The SMILES string of the molecule is CCc1nc2ccccn2c(=O)c1-c1nnn[nH]1. The molecular formula is C11H10N6O. The summed E-state index contributed by atoms with van der Waals surface area (Å²) < 4.78 is 1.48. The molecule has 3 aromatic heterocycles. The summed E-state index contributed by atoms with van der Waals surface area (Å²) in [5.74, 6) is 0.350. The Kier molecular flexibility index (Phi) is 2.36. The molecule has 0 unspecified atom stereocenters. The Labute approximate surface area is 102 Å². The van der Waals surface area contributed by atoms with Gasteiger partial charge < -0.3 is 0 Å². The molecule has 3 aromatic rings. The van der Waals surface area contributed by atoms with Gasteiger partial charge in [-0.25, -0.2) is 10.1 Å². The molecule has 0 bridgehead atoms. The van der Waals surface area contributed by atoms with Crippen LogP contribution >= 0.6 is 0 Å². The van der Waals surface area contributed by atoms with E-state index < -0.39 is 0 Å². The molecule has 0 aromatic carbocycles. The van der Waals surface area contributed by atoms with Crippen LogP contribution in [0.25, 0.3) is 17.0 Å². The minimum absolute atomic E-state index is 0.170. The van der Waals surface area contributed by atoms with Crippen LogP contribution in [0.4, 0.5) is 0 Å². The maximum absolute atomic E-state index is 12.4. The molecule has 1 N–H and O–H groups in total. The molecule has 0 aliphatic heterocycles. The van der Waals surface area contributed by atoms with Gasteiger partial charge in [0.15, 0.2) is 5.82 Å². The highest BCUT2D eigenvalue weighted by Crippen LogP contribution is 2.14. The highest BCUT2D eigenvalue weighted by molar-refractivity contribution is 5.59. The van der Waals surface area contributed by atoms with Gasteiger partial charge in [-0.05, 0) is 29.0 Å². The van der Waals surface area contributed by atoms with Gasteiger partial charge >= 0.3 is 0 Å². The van der Waals surface area contributed by atoms with Crippen molar-refractivity contribution in [1.82, 2.24) is 30.0 Å². The van der Waals surface area contributed by atoms with Crippen molar-refractivity contribution in [3.05, 3.63) is 40.4 Å². The molecule has 7 heteroatoms. The summed E-state index contributed by atoms with van der Waals surface area (Å²) in [5.41, 5.74) is 1.56. The molecule has 3 heterocycles. The summed E-state index contributed by atoms with van der Waals surface area (Å²) in [6, 6.07) is 5.42. The van der Waals surface area contributed by atoms with E-state index in [1.54, 1.807) is 18.3 Å². The van der Waals surface area contributed by atoms with Crippen LogP contribution < -0.4 is 5.56 Å². The van der Waals surface area contributed by atoms with E-state index in [2.05, 4.69) is 25.6 Å². The fourth-order valence-electron chi connectivity index (χ4n) is 1.89. The predicted octanol–water partition coefficient (Wildman–Crippen LogP) is 0.437. The fraction of sp³-hybridized carbons (Fsp3) is 0.182. The molecule has 3 rings (SSSR count). The second kappa shape index (κ2) is 4.02. The zero-order chi connectivity index (χ0) is 12.5. The van der Waals surface area contributed by atoms with Crippen molar-refractivity contribution in [2.24, 2.45) is 0 Å². The van der Waals surface area contributed by atoms with E-state index in [0.29, 0.717) is 29.1 Å². The van der Waals surface area contributed by atoms with Crippen LogP contribution in [0.2, 0.25) is 0 Å². The predicted molar refractivity (Wildman–Crippen MR) is 64.0 cm³/mol. The fourth-order valence-corrected chi connectivity index (χ4v) is 1.89. The third kappa shape index (κ3) is 1.48. The third-order valence-corrected chi connectivity index (χ3v) is 2.73. The first-order chi connectivity index (χ1) is 8.81. The van der Waals surface area contributed by atoms with E-state index >= 15 is 0 Å². The molecule has 0 saturated carbocycles. The summed E-state index contributed by atoms with van der Waals surface area (Å²) in [4.78, 5) is 16.9. The summed E-state index contributed by atoms with van der Waals surface area (Å²) in [7, 11) is 0. The van der Waals surface area contributed by atoms with Crippen LogP contribution in [0.5, 0.6) is 0 Å². The molecule has 0 aliphatic carbocycles. The molecule has 0 amide bonds. The monoisotopic (exact) mass is 242 g/mol. The molecule has 0 radical (unpaired) electrons.